The van der Waals surface area contributed by atoms with Gasteiger partial charge in [-0.15, -0.1) is 10.2 Å². The Morgan fingerprint density at radius 3 is 2.51 bits per heavy atom. The molecule has 2 aromatic carbocycles. The van der Waals surface area contributed by atoms with Crippen LogP contribution < -0.4 is 24.3 Å². The van der Waals surface area contributed by atoms with Gasteiger partial charge in [-0.1, -0.05) is 23.5 Å². The molecular formula is C24H24N4O7S2. The van der Waals surface area contributed by atoms with Crippen molar-refractivity contribution in [3.8, 4) is 29.1 Å². The van der Waals surface area contributed by atoms with E-state index in [1.807, 2.05) is 31.2 Å². The van der Waals surface area contributed by atoms with Gasteiger partial charge in [0.2, 0.25) is 19.3 Å². The van der Waals surface area contributed by atoms with E-state index in [9.17, 15) is 18.5 Å². The van der Waals surface area contributed by atoms with E-state index in [4.69, 9.17) is 18.9 Å². The summed E-state index contributed by atoms with van der Waals surface area (Å²) in [6, 6.07) is 14.0. The van der Waals surface area contributed by atoms with E-state index in [0.717, 1.165) is 6.26 Å². The maximum Gasteiger partial charge on any atom is 0.268 e. The van der Waals surface area contributed by atoms with Gasteiger partial charge in [-0.25, -0.2) is 8.42 Å². The summed E-state index contributed by atoms with van der Waals surface area (Å²) in [6.07, 6.45) is 2.35. The summed E-state index contributed by atoms with van der Waals surface area (Å²) in [5, 5.41) is 19.0. The third-order valence-electron chi connectivity index (χ3n) is 4.54. The number of nitriles is 1. The molecule has 0 unspecified atom stereocenters. The molecule has 0 atom stereocenters. The molecule has 37 heavy (non-hydrogen) atoms. The minimum absolute atomic E-state index is 0.0403. The molecule has 0 fully saturated rings. The van der Waals surface area contributed by atoms with Gasteiger partial charge in [-0.2, -0.15) is 5.26 Å². The molecule has 0 aliphatic rings. The van der Waals surface area contributed by atoms with Crippen LogP contribution in [-0.2, 0) is 14.6 Å². The van der Waals surface area contributed by atoms with E-state index < -0.39 is 15.7 Å². The van der Waals surface area contributed by atoms with Gasteiger partial charge < -0.3 is 18.9 Å². The Labute approximate surface area is 218 Å². The van der Waals surface area contributed by atoms with E-state index in [-0.39, 0.29) is 28.3 Å². The average molecular weight is 545 g/mol. The zero-order valence-corrected chi connectivity index (χ0v) is 21.9. The molecular weight excluding hydrogens is 520 g/mol. The number of anilines is 1. The fourth-order valence-electron chi connectivity index (χ4n) is 2.89. The Morgan fingerprint density at radius 1 is 1.08 bits per heavy atom. The van der Waals surface area contributed by atoms with Crippen molar-refractivity contribution < 1.29 is 32.2 Å². The fraction of sp³-hybridized carbons (Fsp3) is 0.250. The summed E-state index contributed by atoms with van der Waals surface area (Å²) in [4.78, 5) is 12.5. The van der Waals surface area contributed by atoms with Crippen LogP contribution in [-0.4, -0.2) is 57.7 Å². The summed E-state index contributed by atoms with van der Waals surface area (Å²) in [5.41, 5.74) is 0.295. The van der Waals surface area contributed by atoms with Crippen LogP contribution in [0.3, 0.4) is 0 Å². The van der Waals surface area contributed by atoms with Gasteiger partial charge in [0.25, 0.3) is 5.91 Å². The van der Waals surface area contributed by atoms with E-state index in [2.05, 4.69) is 15.5 Å². The molecule has 13 heteroatoms. The lowest BCUT2D eigenvalue weighted by molar-refractivity contribution is -0.112. The van der Waals surface area contributed by atoms with E-state index in [1.54, 1.807) is 31.4 Å². The quantitative estimate of drug-likeness (QED) is 0.156. The molecule has 1 N–H and O–H groups in total. The molecule has 0 aliphatic carbocycles. The minimum Gasteiger partial charge on any atom is -0.497 e. The highest BCUT2D eigenvalue weighted by atomic mass is 32.2. The number of nitrogens with zero attached hydrogens (tertiary/aromatic N) is 3. The highest BCUT2D eigenvalue weighted by Crippen LogP contribution is 2.30. The van der Waals surface area contributed by atoms with Gasteiger partial charge in [-0.05, 0) is 42.8 Å². The summed E-state index contributed by atoms with van der Waals surface area (Å²) >= 11 is 0.691. The smallest absolute Gasteiger partial charge is 0.268 e. The molecule has 0 saturated carbocycles. The number of carbonyl (C=O) groups is 1. The van der Waals surface area contributed by atoms with Gasteiger partial charge in [-0.3, -0.25) is 10.1 Å². The molecule has 3 rings (SSSR count). The molecule has 194 valence electrons. The summed E-state index contributed by atoms with van der Waals surface area (Å²) in [5.74, 6) is 1.48. The molecule has 3 aromatic rings. The largest absolute Gasteiger partial charge is 0.497 e. The van der Waals surface area contributed by atoms with Crippen molar-refractivity contribution in [2.75, 3.05) is 38.5 Å². The Hall–Kier alpha value is -4.15. The Kier molecular flexibility index (Phi) is 9.42. The normalized spacial score (nSPS) is 11.4. The number of methoxy groups -OCH3 is 1. The third kappa shape index (κ3) is 7.92. The lowest BCUT2D eigenvalue weighted by Crippen LogP contribution is -2.13. The summed E-state index contributed by atoms with van der Waals surface area (Å²) in [7, 11) is -1.98. The second-order valence-electron chi connectivity index (χ2n) is 7.28. The van der Waals surface area contributed by atoms with Gasteiger partial charge >= 0.3 is 0 Å². The van der Waals surface area contributed by atoms with Crippen LogP contribution >= 0.6 is 11.3 Å². The monoisotopic (exact) mass is 544 g/mol. The first-order valence-electron chi connectivity index (χ1n) is 10.9. The van der Waals surface area contributed by atoms with Crippen LogP contribution in [0.25, 0.3) is 6.08 Å². The van der Waals surface area contributed by atoms with Crippen LogP contribution in [0, 0.1) is 11.3 Å². The predicted octanol–water partition coefficient (Wildman–Crippen LogP) is 3.35. The van der Waals surface area contributed by atoms with Crippen molar-refractivity contribution in [2.24, 2.45) is 0 Å². The summed E-state index contributed by atoms with van der Waals surface area (Å²) < 4.78 is 45.2. The lowest BCUT2D eigenvalue weighted by atomic mass is 10.1. The van der Waals surface area contributed by atoms with Crippen molar-refractivity contribution >= 4 is 38.3 Å². The van der Waals surface area contributed by atoms with Crippen molar-refractivity contribution in [1.29, 1.82) is 5.26 Å². The number of benzene rings is 2. The second-order valence-corrected chi connectivity index (χ2v) is 10.5. The molecule has 11 nitrogen and oxygen atoms in total. The number of sulfone groups is 1. The van der Waals surface area contributed by atoms with E-state index >= 15 is 0 Å². The predicted molar refractivity (Wildman–Crippen MR) is 137 cm³/mol. The fourth-order valence-corrected chi connectivity index (χ4v) is 4.40. The molecule has 1 heterocycles. The van der Waals surface area contributed by atoms with Gasteiger partial charge in [0.15, 0.2) is 11.5 Å². The molecule has 0 radical (unpaired) electrons. The van der Waals surface area contributed by atoms with Gasteiger partial charge in [0.05, 0.1) is 13.7 Å². The number of hydrogen-bond acceptors (Lipinski definition) is 11. The van der Waals surface area contributed by atoms with Crippen molar-refractivity contribution in [1.82, 2.24) is 10.2 Å². The number of carbonyl (C=O) groups excluding carboxylic acids is 1. The van der Waals surface area contributed by atoms with Gasteiger partial charge in [0.1, 0.15) is 36.4 Å². The Morgan fingerprint density at radius 2 is 1.84 bits per heavy atom. The number of rotatable bonds is 12. The van der Waals surface area contributed by atoms with E-state index in [1.165, 1.54) is 6.08 Å². The van der Waals surface area contributed by atoms with Crippen LogP contribution in [0.2, 0.25) is 0 Å². The number of nitrogens with one attached hydrogen (secondary N) is 1. The van der Waals surface area contributed by atoms with Crippen LogP contribution in [0.5, 0.6) is 23.0 Å². The maximum absolute atomic E-state index is 12.5. The van der Waals surface area contributed by atoms with Crippen molar-refractivity contribution in [3.05, 3.63) is 53.6 Å². The highest BCUT2D eigenvalue weighted by Gasteiger charge is 2.18. The molecule has 0 spiro atoms. The number of amides is 1. The number of ether oxygens (including phenoxy) is 4. The van der Waals surface area contributed by atoms with Crippen LogP contribution in [0.4, 0.5) is 5.13 Å². The second kappa shape index (κ2) is 12.7. The molecule has 1 aromatic heterocycles. The Balaban J connectivity index is 1.66. The minimum atomic E-state index is -3.56. The first-order chi connectivity index (χ1) is 17.7. The topological polar surface area (TPSA) is 150 Å². The standard InChI is InChI=1S/C24H24N4O7S2/c1-4-33-21-13-16(8-9-20(21)35-11-10-34-19-7-5-6-18(14-19)32-2)12-17(15-25)22(29)26-23-27-28-24(36-23)37(3,30)31/h5-9,12-14H,4,10-11H2,1-3H3,(H,26,27,29)/b17-12-. The summed E-state index contributed by atoms with van der Waals surface area (Å²) in [6.45, 7) is 2.72. The van der Waals surface area contributed by atoms with Gasteiger partial charge in [0, 0.05) is 12.3 Å². The lowest BCUT2D eigenvalue weighted by Gasteiger charge is -2.13. The highest BCUT2D eigenvalue weighted by molar-refractivity contribution is 7.92. The molecule has 0 aliphatic heterocycles. The average Bonchev–Trinajstić information content (AvgIpc) is 3.35. The van der Waals surface area contributed by atoms with Crippen LogP contribution in [0.15, 0.2) is 52.4 Å². The first kappa shape index (κ1) is 27.4. The van der Waals surface area contributed by atoms with Crippen molar-refractivity contribution in [3.63, 3.8) is 0 Å². The molecule has 0 saturated heterocycles. The zero-order valence-electron chi connectivity index (χ0n) is 20.3. The molecule has 0 bridgehead atoms. The number of hydrogen-bond donors (Lipinski definition) is 1. The third-order valence-corrected chi connectivity index (χ3v) is 7.05. The number of aromatic nitrogens is 2. The van der Waals surface area contributed by atoms with E-state index in [0.29, 0.717) is 46.5 Å². The maximum atomic E-state index is 12.5. The Bertz CT molecular complexity index is 1430. The molecule has 1 amide bonds. The zero-order chi connectivity index (χ0) is 26.8. The van der Waals surface area contributed by atoms with Crippen LogP contribution in [0.1, 0.15) is 12.5 Å². The SMILES string of the molecule is CCOc1cc(/C=C(/C#N)C(=O)Nc2nnc(S(C)(=O)=O)s2)ccc1OCCOc1cccc(OC)c1. The van der Waals surface area contributed by atoms with Crippen molar-refractivity contribution in [2.45, 2.75) is 11.3 Å². The first-order valence-corrected chi connectivity index (χ1v) is 13.6.